The number of benzene rings is 1. The Morgan fingerprint density at radius 3 is 2.56 bits per heavy atom. The van der Waals surface area contributed by atoms with Crippen molar-refractivity contribution in [3.8, 4) is 0 Å². The van der Waals surface area contributed by atoms with E-state index in [9.17, 15) is 9.59 Å². The molecule has 2 amide bonds. The molecule has 1 N–H and O–H groups in total. The predicted octanol–water partition coefficient (Wildman–Crippen LogP) is 4.05. The molecule has 0 atom stereocenters. The third-order valence-corrected chi connectivity index (χ3v) is 4.52. The summed E-state index contributed by atoms with van der Waals surface area (Å²) in [6.45, 7) is 3.86. The first-order valence-corrected chi connectivity index (χ1v) is 9.82. The lowest BCUT2D eigenvalue weighted by Crippen LogP contribution is -2.36. The number of nitrogens with one attached hydrogen (secondary N) is 1. The minimum absolute atomic E-state index is 0.0236. The predicted molar refractivity (Wildman–Crippen MR) is 107 cm³/mol. The van der Waals surface area contributed by atoms with Crippen LogP contribution in [0.2, 0.25) is 0 Å². The number of unbranched alkanes of at least 4 members (excludes halogenated alkanes) is 3. The molecule has 27 heavy (non-hydrogen) atoms. The molecule has 0 aliphatic carbocycles. The number of carbonyl (C=O) groups is 2. The summed E-state index contributed by atoms with van der Waals surface area (Å²) >= 11 is 0. The highest BCUT2D eigenvalue weighted by molar-refractivity contribution is 5.94. The first-order valence-electron chi connectivity index (χ1n) is 9.82. The van der Waals surface area contributed by atoms with Gasteiger partial charge in [0.15, 0.2) is 0 Å². The molecule has 146 valence electrons. The van der Waals surface area contributed by atoms with Gasteiger partial charge in [-0.2, -0.15) is 0 Å². The van der Waals surface area contributed by atoms with Gasteiger partial charge in [0, 0.05) is 26.1 Å². The van der Waals surface area contributed by atoms with Crippen molar-refractivity contribution in [2.75, 3.05) is 19.6 Å². The van der Waals surface area contributed by atoms with Crippen molar-refractivity contribution >= 4 is 11.8 Å². The average molecular weight is 370 g/mol. The van der Waals surface area contributed by atoms with Crippen molar-refractivity contribution in [2.45, 2.75) is 45.4 Å². The second-order valence-corrected chi connectivity index (χ2v) is 6.70. The third kappa shape index (κ3) is 7.69. The number of furan rings is 1. The number of rotatable bonds is 12. The van der Waals surface area contributed by atoms with Gasteiger partial charge in [0.05, 0.1) is 11.8 Å². The summed E-state index contributed by atoms with van der Waals surface area (Å²) < 4.78 is 5.02. The molecule has 1 heterocycles. The Kier molecular flexibility index (Phi) is 9.18. The summed E-state index contributed by atoms with van der Waals surface area (Å²) in [5.41, 5.74) is 1.74. The second kappa shape index (κ2) is 11.9. The van der Waals surface area contributed by atoms with E-state index >= 15 is 0 Å². The van der Waals surface area contributed by atoms with Crippen LogP contribution >= 0.6 is 0 Å². The number of nitrogens with zero attached hydrogens (tertiary/aromatic N) is 1. The molecule has 5 nitrogen and oxygen atoms in total. The number of amides is 2. The minimum atomic E-state index is -0.0719. The second-order valence-electron chi connectivity index (χ2n) is 6.70. The van der Waals surface area contributed by atoms with E-state index in [0.29, 0.717) is 31.6 Å². The minimum Gasteiger partial charge on any atom is -0.472 e. The van der Waals surface area contributed by atoms with Gasteiger partial charge >= 0.3 is 0 Å². The van der Waals surface area contributed by atoms with Crippen LogP contribution < -0.4 is 5.32 Å². The van der Waals surface area contributed by atoms with E-state index in [0.717, 1.165) is 32.1 Å². The van der Waals surface area contributed by atoms with Crippen LogP contribution in [0.15, 0.2) is 53.3 Å². The monoisotopic (exact) mass is 370 g/mol. The molecular weight excluding hydrogens is 340 g/mol. The summed E-state index contributed by atoms with van der Waals surface area (Å²) in [4.78, 5) is 26.5. The molecule has 0 spiro atoms. The highest BCUT2D eigenvalue weighted by Crippen LogP contribution is 2.09. The van der Waals surface area contributed by atoms with Crippen LogP contribution in [0, 0.1) is 0 Å². The van der Waals surface area contributed by atoms with E-state index < -0.39 is 0 Å². The fourth-order valence-corrected chi connectivity index (χ4v) is 2.93. The Balaban J connectivity index is 1.77. The molecular formula is C22H30N2O3. The molecule has 0 radical (unpaired) electrons. The molecule has 0 unspecified atom stereocenters. The molecule has 0 aliphatic heterocycles. The average Bonchev–Trinajstić information content (AvgIpc) is 3.22. The SMILES string of the molecule is CCCCCCN(CCC(=O)NCCc1ccccc1)C(=O)c1ccoc1. The maximum atomic E-state index is 12.6. The van der Waals surface area contributed by atoms with Crippen LogP contribution in [-0.4, -0.2) is 36.3 Å². The van der Waals surface area contributed by atoms with Crippen LogP contribution in [-0.2, 0) is 11.2 Å². The van der Waals surface area contributed by atoms with E-state index in [1.165, 1.54) is 18.1 Å². The quantitative estimate of drug-likeness (QED) is 0.573. The van der Waals surface area contributed by atoms with Gasteiger partial charge in [0.1, 0.15) is 6.26 Å². The first kappa shape index (κ1) is 20.7. The Morgan fingerprint density at radius 1 is 1.04 bits per heavy atom. The Morgan fingerprint density at radius 2 is 1.85 bits per heavy atom. The van der Waals surface area contributed by atoms with Crippen molar-refractivity contribution in [1.82, 2.24) is 10.2 Å². The zero-order chi connectivity index (χ0) is 19.3. The van der Waals surface area contributed by atoms with Gasteiger partial charge in [-0.1, -0.05) is 56.5 Å². The van der Waals surface area contributed by atoms with Crippen LogP contribution in [0.5, 0.6) is 0 Å². The summed E-state index contributed by atoms with van der Waals surface area (Å²) in [7, 11) is 0. The van der Waals surface area contributed by atoms with Crippen molar-refractivity contribution in [3.63, 3.8) is 0 Å². The fourth-order valence-electron chi connectivity index (χ4n) is 2.93. The largest absolute Gasteiger partial charge is 0.472 e. The van der Waals surface area contributed by atoms with E-state index in [1.54, 1.807) is 11.0 Å². The molecule has 0 bridgehead atoms. The Hall–Kier alpha value is -2.56. The van der Waals surface area contributed by atoms with E-state index in [2.05, 4.69) is 12.2 Å². The smallest absolute Gasteiger partial charge is 0.257 e. The van der Waals surface area contributed by atoms with Gasteiger partial charge in [-0.05, 0) is 24.5 Å². The number of hydrogen-bond acceptors (Lipinski definition) is 3. The van der Waals surface area contributed by atoms with Gasteiger partial charge < -0.3 is 14.6 Å². The van der Waals surface area contributed by atoms with Crippen molar-refractivity contribution in [3.05, 3.63) is 60.1 Å². The first-order chi connectivity index (χ1) is 13.2. The summed E-state index contributed by atoms with van der Waals surface area (Å²) in [6, 6.07) is 11.7. The molecule has 0 saturated heterocycles. The Bertz CT molecular complexity index is 668. The van der Waals surface area contributed by atoms with Crippen LogP contribution in [0.3, 0.4) is 0 Å². The number of hydrogen-bond donors (Lipinski definition) is 1. The van der Waals surface area contributed by atoms with Crippen LogP contribution in [0.25, 0.3) is 0 Å². The van der Waals surface area contributed by atoms with E-state index in [-0.39, 0.29) is 11.8 Å². The van der Waals surface area contributed by atoms with Crippen LogP contribution in [0.1, 0.15) is 54.9 Å². The summed E-state index contributed by atoms with van der Waals surface area (Å²) in [6.07, 6.45) is 8.43. The maximum absolute atomic E-state index is 12.6. The van der Waals surface area contributed by atoms with Gasteiger partial charge in [-0.3, -0.25) is 9.59 Å². The lowest BCUT2D eigenvalue weighted by Gasteiger charge is -2.22. The normalized spacial score (nSPS) is 10.6. The third-order valence-electron chi connectivity index (χ3n) is 4.52. The molecule has 5 heteroatoms. The number of carbonyl (C=O) groups excluding carboxylic acids is 2. The highest BCUT2D eigenvalue weighted by atomic mass is 16.3. The van der Waals surface area contributed by atoms with Crippen molar-refractivity contribution in [2.24, 2.45) is 0 Å². The standard InChI is InChI=1S/C22H30N2O3/c1-2-3-4-8-15-24(22(26)20-13-17-27-18-20)16-12-21(25)23-14-11-19-9-6-5-7-10-19/h5-7,9-10,13,17-18H,2-4,8,11-12,14-16H2,1H3,(H,23,25). The maximum Gasteiger partial charge on any atom is 0.257 e. The molecule has 0 aliphatic rings. The molecule has 1 aromatic carbocycles. The van der Waals surface area contributed by atoms with E-state index in [1.807, 2.05) is 30.3 Å². The van der Waals surface area contributed by atoms with Crippen molar-refractivity contribution < 1.29 is 14.0 Å². The van der Waals surface area contributed by atoms with Gasteiger partial charge in [0.2, 0.25) is 5.91 Å². The molecule has 1 aromatic heterocycles. The summed E-state index contributed by atoms with van der Waals surface area (Å²) in [5, 5.41) is 2.94. The fraction of sp³-hybridized carbons (Fsp3) is 0.455. The highest BCUT2D eigenvalue weighted by Gasteiger charge is 2.17. The molecule has 0 saturated carbocycles. The van der Waals surface area contributed by atoms with Gasteiger partial charge in [-0.25, -0.2) is 0 Å². The Labute approximate surface area is 161 Å². The lowest BCUT2D eigenvalue weighted by molar-refractivity contribution is -0.121. The zero-order valence-electron chi connectivity index (χ0n) is 16.2. The molecule has 2 rings (SSSR count). The van der Waals surface area contributed by atoms with Gasteiger partial charge in [0.25, 0.3) is 5.91 Å². The van der Waals surface area contributed by atoms with Crippen LogP contribution in [0.4, 0.5) is 0 Å². The lowest BCUT2D eigenvalue weighted by atomic mass is 10.1. The van der Waals surface area contributed by atoms with E-state index in [4.69, 9.17) is 4.42 Å². The molecule has 0 fully saturated rings. The molecule has 2 aromatic rings. The van der Waals surface area contributed by atoms with Crippen molar-refractivity contribution in [1.29, 1.82) is 0 Å². The van der Waals surface area contributed by atoms with Gasteiger partial charge in [-0.15, -0.1) is 0 Å². The topological polar surface area (TPSA) is 62.6 Å². The summed E-state index contributed by atoms with van der Waals surface area (Å²) in [5.74, 6) is -0.0955. The zero-order valence-corrected chi connectivity index (χ0v) is 16.2.